The molecular weight excluding hydrogens is 240 g/mol. The molecule has 1 saturated heterocycles. The molecule has 2 N–H and O–H groups in total. The van der Waals surface area contributed by atoms with Gasteiger partial charge >= 0.3 is 0 Å². The molecule has 1 atom stereocenters. The Morgan fingerprint density at radius 1 is 1.47 bits per heavy atom. The van der Waals surface area contributed by atoms with E-state index in [1.807, 2.05) is 18.2 Å². The molecule has 1 unspecified atom stereocenters. The zero-order chi connectivity index (χ0) is 13.4. The molecule has 3 rings (SSSR count). The fourth-order valence-corrected chi connectivity index (χ4v) is 2.87. The first-order valence-corrected chi connectivity index (χ1v) is 6.69. The zero-order valence-electron chi connectivity index (χ0n) is 11.5. The summed E-state index contributed by atoms with van der Waals surface area (Å²) in [6, 6.07) is 6.48. The van der Waals surface area contributed by atoms with Crippen molar-refractivity contribution in [1.82, 2.24) is 14.5 Å². The monoisotopic (exact) mass is 260 g/mol. The molecule has 1 aliphatic heterocycles. The summed E-state index contributed by atoms with van der Waals surface area (Å²) in [6.07, 6.45) is 2.49. The number of ether oxygens (including phenoxy) is 1. The number of hydrogen-bond acceptors (Lipinski definition) is 4. The number of nitrogens with two attached hydrogens (primary N) is 1. The minimum atomic E-state index is 0.557. The lowest BCUT2D eigenvalue weighted by Crippen LogP contribution is -2.29. The Labute approximate surface area is 113 Å². The standard InChI is InChI=1S/C14H20N4O/c1-17-7-3-4-10(17)9-18-13-6-5-11(19-2)8-12(13)16-14(18)15/h5-6,8,10H,3-4,7,9H2,1-2H3,(H2,15,16). The third-order valence-electron chi connectivity index (χ3n) is 4.05. The Morgan fingerprint density at radius 2 is 2.32 bits per heavy atom. The molecule has 0 aliphatic carbocycles. The summed E-state index contributed by atoms with van der Waals surface area (Å²) < 4.78 is 7.34. The normalized spacial score (nSPS) is 20.2. The van der Waals surface area contributed by atoms with Gasteiger partial charge in [0.2, 0.25) is 5.95 Å². The van der Waals surface area contributed by atoms with Crippen LogP contribution >= 0.6 is 0 Å². The van der Waals surface area contributed by atoms with Gasteiger partial charge in [0.25, 0.3) is 0 Å². The maximum Gasteiger partial charge on any atom is 0.201 e. The Balaban J connectivity index is 1.96. The van der Waals surface area contributed by atoms with Crippen molar-refractivity contribution >= 4 is 17.0 Å². The van der Waals surface area contributed by atoms with Crippen molar-refractivity contribution in [3.8, 4) is 5.75 Å². The van der Waals surface area contributed by atoms with Crippen LogP contribution in [0.25, 0.3) is 11.0 Å². The number of imidazole rings is 1. The highest BCUT2D eigenvalue weighted by Crippen LogP contribution is 2.25. The van der Waals surface area contributed by atoms with E-state index in [0.717, 1.165) is 23.3 Å². The lowest BCUT2D eigenvalue weighted by atomic mass is 10.2. The number of nitrogen functional groups attached to an aromatic ring is 1. The number of likely N-dealkylation sites (tertiary alicyclic amines) is 1. The third kappa shape index (κ3) is 2.14. The van der Waals surface area contributed by atoms with Crippen LogP contribution in [0.1, 0.15) is 12.8 Å². The van der Waals surface area contributed by atoms with E-state index in [1.165, 1.54) is 19.4 Å². The Morgan fingerprint density at radius 3 is 3.00 bits per heavy atom. The van der Waals surface area contributed by atoms with Crippen molar-refractivity contribution in [2.75, 3.05) is 26.4 Å². The van der Waals surface area contributed by atoms with Gasteiger partial charge < -0.3 is 19.9 Å². The first-order chi connectivity index (χ1) is 9.19. The van der Waals surface area contributed by atoms with Gasteiger partial charge in [-0.2, -0.15) is 0 Å². The molecule has 0 amide bonds. The largest absolute Gasteiger partial charge is 0.497 e. The fourth-order valence-electron chi connectivity index (χ4n) is 2.87. The summed E-state index contributed by atoms with van der Waals surface area (Å²) in [5.41, 5.74) is 8.04. The van der Waals surface area contributed by atoms with Gasteiger partial charge in [-0.05, 0) is 38.6 Å². The van der Waals surface area contributed by atoms with E-state index >= 15 is 0 Å². The van der Waals surface area contributed by atoms with Crippen molar-refractivity contribution < 1.29 is 4.74 Å². The Hall–Kier alpha value is -1.75. The molecule has 1 aromatic carbocycles. The number of nitrogens with zero attached hydrogens (tertiary/aromatic N) is 3. The highest BCUT2D eigenvalue weighted by Gasteiger charge is 2.22. The van der Waals surface area contributed by atoms with E-state index in [4.69, 9.17) is 10.5 Å². The van der Waals surface area contributed by atoms with Crippen molar-refractivity contribution in [2.24, 2.45) is 0 Å². The van der Waals surface area contributed by atoms with Crippen LogP contribution in [-0.4, -0.2) is 41.2 Å². The van der Waals surface area contributed by atoms with Crippen LogP contribution in [-0.2, 0) is 6.54 Å². The third-order valence-corrected chi connectivity index (χ3v) is 4.05. The van der Waals surface area contributed by atoms with Crippen LogP contribution in [0.3, 0.4) is 0 Å². The number of rotatable bonds is 3. The molecule has 2 aromatic rings. The molecule has 102 valence electrons. The van der Waals surface area contributed by atoms with Gasteiger partial charge in [-0.3, -0.25) is 0 Å². The predicted molar refractivity (Wildman–Crippen MR) is 76.3 cm³/mol. The molecule has 1 aliphatic rings. The Kier molecular flexibility index (Phi) is 3.06. The van der Waals surface area contributed by atoms with Gasteiger partial charge in [0.15, 0.2) is 0 Å². The summed E-state index contributed by atoms with van der Waals surface area (Å²) in [5, 5.41) is 0. The summed E-state index contributed by atoms with van der Waals surface area (Å²) in [5.74, 6) is 1.40. The van der Waals surface area contributed by atoms with E-state index in [-0.39, 0.29) is 0 Å². The molecule has 2 heterocycles. The molecule has 0 spiro atoms. The molecule has 0 saturated carbocycles. The van der Waals surface area contributed by atoms with Crippen LogP contribution in [0, 0.1) is 0 Å². The maximum atomic E-state index is 6.06. The van der Waals surface area contributed by atoms with E-state index in [2.05, 4.69) is 21.5 Å². The average molecular weight is 260 g/mol. The van der Waals surface area contributed by atoms with Crippen LogP contribution in [0.2, 0.25) is 0 Å². The fraction of sp³-hybridized carbons (Fsp3) is 0.500. The highest BCUT2D eigenvalue weighted by atomic mass is 16.5. The smallest absolute Gasteiger partial charge is 0.201 e. The lowest BCUT2D eigenvalue weighted by molar-refractivity contribution is 0.285. The van der Waals surface area contributed by atoms with E-state index < -0.39 is 0 Å². The average Bonchev–Trinajstić information content (AvgIpc) is 2.94. The Bertz CT molecular complexity index is 592. The van der Waals surface area contributed by atoms with Crippen LogP contribution < -0.4 is 10.5 Å². The first-order valence-electron chi connectivity index (χ1n) is 6.69. The van der Waals surface area contributed by atoms with Crippen LogP contribution in [0.4, 0.5) is 5.95 Å². The highest BCUT2D eigenvalue weighted by molar-refractivity contribution is 5.79. The second-order valence-corrected chi connectivity index (χ2v) is 5.21. The van der Waals surface area contributed by atoms with E-state index in [1.54, 1.807) is 7.11 Å². The number of methoxy groups -OCH3 is 1. The van der Waals surface area contributed by atoms with Crippen molar-refractivity contribution in [1.29, 1.82) is 0 Å². The number of likely N-dealkylation sites (N-methyl/N-ethyl adjacent to an activating group) is 1. The van der Waals surface area contributed by atoms with E-state index in [0.29, 0.717) is 12.0 Å². The molecule has 5 heteroatoms. The van der Waals surface area contributed by atoms with Crippen molar-refractivity contribution in [2.45, 2.75) is 25.4 Å². The molecule has 0 bridgehead atoms. The lowest BCUT2D eigenvalue weighted by Gasteiger charge is -2.20. The van der Waals surface area contributed by atoms with Crippen LogP contribution in [0.15, 0.2) is 18.2 Å². The first kappa shape index (κ1) is 12.3. The van der Waals surface area contributed by atoms with Gasteiger partial charge in [0.05, 0.1) is 18.1 Å². The number of fused-ring (bicyclic) bond motifs is 1. The second kappa shape index (κ2) is 4.74. The number of aromatic nitrogens is 2. The number of benzene rings is 1. The quantitative estimate of drug-likeness (QED) is 0.913. The van der Waals surface area contributed by atoms with Gasteiger partial charge in [-0.25, -0.2) is 4.98 Å². The number of anilines is 1. The molecule has 1 fully saturated rings. The van der Waals surface area contributed by atoms with Gasteiger partial charge in [0, 0.05) is 18.7 Å². The molecular formula is C14H20N4O. The minimum Gasteiger partial charge on any atom is -0.497 e. The summed E-state index contributed by atoms with van der Waals surface area (Å²) in [7, 11) is 3.84. The SMILES string of the molecule is COc1ccc2c(c1)nc(N)n2CC1CCCN1C. The summed E-state index contributed by atoms with van der Waals surface area (Å²) in [6.45, 7) is 2.08. The zero-order valence-corrected chi connectivity index (χ0v) is 11.5. The van der Waals surface area contributed by atoms with Crippen molar-refractivity contribution in [3.63, 3.8) is 0 Å². The topological polar surface area (TPSA) is 56.3 Å². The van der Waals surface area contributed by atoms with Crippen molar-refractivity contribution in [3.05, 3.63) is 18.2 Å². The summed E-state index contributed by atoms with van der Waals surface area (Å²) in [4.78, 5) is 6.83. The minimum absolute atomic E-state index is 0.557. The van der Waals surface area contributed by atoms with Gasteiger partial charge in [-0.15, -0.1) is 0 Å². The summed E-state index contributed by atoms with van der Waals surface area (Å²) >= 11 is 0. The van der Waals surface area contributed by atoms with E-state index in [9.17, 15) is 0 Å². The molecule has 1 aromatic heterocycles. The molecule has 19 heavy (non-hydrogen) atoms. The predicted octanol–water partition coefficient (Wildman–Crippen LogP) is 1.72. The van der Waals surface area contributed by atoms with Gasteiger partial charge in [-0.1, -0.05) is 0 Å². The van der Waals surface area contributed by atoms with Gasteiger partial charge in [0.1, 0.15) is 5.75 Å². The maximum absolute atomic E-state index is 6.06. The second-order valence-electron chi connectivity index (χ2n) is 5.21. The molecule has 5 nitrogen and oxygen atoms in total. The number of hydrogen-bond donors (Lipinski definition) is 1. The molecule has 0 radical (unpaired) electrons. The van der Waals surface area contributed by atoms with Crippen LogP contribution in [0.5, 0.6) is 5.75 Å².